The van der Waals surface area contributed by atoms with E-state index in [1.165, 1.54) is 27.7 Å². The summed E-state index contributed by atoms with van der Waals surface area (Å²) in [5, 5.41) is 0. The minimum absolute atomic E-state index is 0.352. The van der Waals surface area contributed by atoms with E-state index in [-0.39, 0.29) is 0 Å². The van der Waals surface area contributed by atoms with E-state index in [0.29, 0.717) is 6.92 Å². The van der Waals surface area contributed by atoms with Crippen molar-refractivity contribution in [3.05, 3.63) is 0 Å². The first-order valence-electron chi connectivity index (χ1n) is 9.23. The highest BCUT2D eigenvalue weighted by molar-refractivity contribution is 6.36. The lowest BCUT2D eigenvalue weighted by Crippen LogP contribution is -2.69. The third-order valence-corrected chi connectivity index (χ3v) is 6.13. The van der Waals surface area contributed by atoms with Crippen molar-refractivity contribution in [3.63, 3.8) is 0 Å². The maximum Gasteiger partial charge on any atom is 0.485 e. The average Bonchev–Trinajstić information content (AvgIpc) is 2.64. The monoisotopic (exact) mass is 538 g/mol. The molecule has 0 aromatic carbocycles. The van der Waals surface area contributed by atoms with Gasteiger partial charge in [-0.05, 0) is 34.6 Å². The van der Waals surface area contributed by atoms with E-state index in [2.05, 4.69) is 4.43 Å². The van der Waals surface area contributed by atoms with E-state index in [4.69, 9.17) is 8.85 Å². The van der Waals surface area contributed by atoms with Crippen molar-refractivity contribution >= 4 is 9.53 Å². The lowest BCUT2D eigenvalue weighted by molar-refractivity contribution is -0.389. The molecule has 0 aliphatic heterocycles. The zero-order chi connectivity index (χ0) is 26.7. The van der Waals surface area contributed by atoms with E-state index in [1.54, 1.807) is 0 Å². The zero-order valence-corrected chi connectivity index (χ0v) is 18.9. The molecule has 0 fully saturated rings. The molecular formula is C16H23F13O3Si. The number of hydrogen-bond acceptors (Lipinski definition) is 3. The van der Waals surface area contributed by atoms with Gasteiger partial charge < -0.3 is 13.3 Å². The van der Waals surface area contributed by atoms with Gasteiger partial charge in [-0.25, -0.2) is 22.0 Å². The Kier molecular flexibility index (Phi) is 11.0. The van der Waals surface area contributed by atoms with Crippen LogP contribution in [0.3, 0.4) is 0 Å². The molecule has 0 aromatic rings. The molecule has 0 N–H and O–H groups in total. The first kappa shape index (κ1) is 32.2. The fraction of sp³-hybridized carbons (Fsp3) is 1.00. The predicted octanol–water partition coefficient (Wildman–Crippen LogP) is 5.78. The van der Waals surface area contributed by atoms with Crippen LogP contribution in [0, 0.1) is 0 Å². The van der Waals surface area contributed by atoms with Gasteiger partial charge in [-0.2, -0.15) is 35.1 Å². The van der Waals surface area contributed by atoms with Crippen LogP contribution in [0.4, 0.5) is 57.1 Å². The van der Waals surface area contributed by atoms with Crippen LogP contribution in [0.5, 0.6) is 0 Å². The lowest BCUT2D eigenvalue weighted by atomic mass is 9.91. The van der Waals surface area contributed by atoms with Gasteiger partial charge in [0.25, 0.3) is 6.43 Å². The van der Waals surface area contributed by atoms with Crippen LogP contribution in [0.2, 0.25) is 0 Å². The van der Waals surface area contributed by atoms with Gasteiger partial charge in [0.15, 0.2) is 12.3 Å². The normalized spacial score (nSPS) is 18.4. The van der Waals surface area contributed by atoms with Gasteiger partial charge in [0.1, 0.15) is 0 Å². The maximum absolute atomic E-state index is 14.2. The third-order valence-electron chi connectivity index (χ3n) is 3.95. The van der Waals surface area contributed by atoms with E-state index in [9.17, 15) is 57.1 Å². The molecule has 0 rings (SSSR count). The number of alkyl halides is 13. The summed E-state index contributed by atoms with van der Waals surface area (Å²) in [5.41, 5.74) is 0. The molecule has 0 saturated carbocycles. The molecule has 33 heavy (non-hydrogen) atoms. The largest absolute Gasteiger partial charge is 0.485 e. The Morgan fingerprint density at radius 3 is 1.18 bits per heavy atom. The van der Waals surface area contributed by atoms with Gasteiger partial charge in [0.05, 0.1) is 6.10 Å². The highest BCUT2D eigenvalue weighted by Crippen LogP contribution is 2.56. The fourth-order valence-corrected chi connectivity index (χ4v) is 3.74. The van der Waals surface area contributed by atoms with Crippen molar-refractivity contribution < 1.29 is 70.4 Å². The molecular weight excluding hydrogens is 515 g/mol. The van der Waals surface area contributed by atoms with Crippen LogP contribution in [0.15, 0.2) is 0 Å². The van der Waals surface area contributed by atoms with Crippen LogP contribution < -0.4 is 0 Å². The Bertz CT molecular complexity index is 596. The first-order valence-corrected chi connectivity index (χ1v) is 10.6. The smallest absolute Gasteiger partial charge is 0.373 e. The van der Waals surface area contributed by atoms with E-state index >= 15 is 0 Å². The highest BCUT2D eigenvalue weighted by Gasteiger charge is 2.85. The van der Waals surface area contributed by atoms with Crippen molar-refractivity contribution in [2.45, 2.75) is 102 Å². The first-order chi connectivity index (χ1) is 14.6. The van der Waals surface area contributed by atoms with Crippen LogP contribution in [0.25, 0.3) is 0 Å². The Morgan fingerprint density at radius 2 is 0.879 bits per heavy atom. The topological polar surface area (TPSA) is 27.7 Å². The molecule has 0 bridgehead atoms. The van der Waals surface area contributed by atoms with Gasteiger partial charge >= 0.3 is 33.2 Å². The summed E-state index contributed by atoms with van der Waals surface area (Å²) >= 11 is 0. The predicted molar refractivity (Wildman–Crippen MR) is 90.6 cm³/mol. The zero-order valence-electron chi connectivity index (χ0n) is 17.8. The number of rotatable bonds is 14. The molecule has 0 amide bonds. The molecule has 4 atom stereocenters. The van der Waals surface area contributed by atoms with Gasteiger partial charge in [-0.3, -0.25) is 0 Å². The Morgan fingerprint density at radius 1 is 0.545 bits per heavy atom. The Balaban J connectivity index is 5.97. The standard InChI is InChI=1S/C16H23F13O3Si/c1-6(2)30-33(31-7(3)4)32-8(5)10(18)13(22,23)15(26,27)16(28,29)14(24,25)11(19)9(17)12(20)21/h6-12,33H,1-5H3. The summed E-state index contributed by atoms with van der Waals surface area (Å²) in [6, 6.07) is 0. The van der Waals surface area contributed by atoms with Crippen LogP contribution >= 0.6 is 0 Å². The molecule has 4 unspecified atom stereocenters. The maximum atomic E-state index is 14.2. The van der Waals surface area contributed by atoms with E-state index < -0.39 is 76.5 Å². The van der Waals surface area contributed by atoms with Crippen LogP contribution in [-0.2, 0) is 13.3 Å². The Labute approximate surface area is 182 Å². The minimum Gasteiger partial charge on any atom is -0.373 e. The average molecular weight is 538 g/mol. The second-order valence-electron chi connectivity index (χ2n) is 7.48. The van der Waals surface area contributed by atoms with Crippen LogP contribution in [-0.4, -0.2) is 76.5 Å². The molecule has 3 nitrogen and oxygen atoms in total. The minimum atomic E-state index is -7.51. The summed E-state index contributed by atoms with van der Waals surface area (Å²) in [7, 11) is -3.55. The van der Waals surface area contributed by atoms with Crippen molar-refractivity contribution in [3.8, 4) is 0 Å². The SMILES string of the molecule is CC(C)O[SiH](OC(C)C)OC(C)C(F)C(F)(F)C(F)(F)C(F)(F)C(F)(F)C(F)C(F)C(F)F. The van der Waals surface area contributed by atoms with Crippen molar-refractivity contribution in [1.82, 2.24) is 0 Å². The second kappa shape index (κ2) is 11.3. The van der Waals surface area contributed by atoms with Crippen LogP contribution in [0.1, 0.15) is 34.6 Å². The lowest BCUT2D eigenvalue weighted by Gasteiger charge is -2.40. The highest BCUT2D eigenvalue weighted by atomic mass is 28.3. The molecule has 0 aliphatic rings. The molecule has 200 valence electrons. The second-order valence-corrected chi connectivity index (χ2v) is 8.87. The molecule has 17 heteroatoms. The molecule has 0 spiro atoms. The van der Waals surface area contributed by atoms with E-state index in [1.807, 2.05) is 0 Å². The van der Waals surface area contributed by atoms with Crippen molar-refractivity contribution in [1.29, 1.82) is 0 Å². The number of hydrogen-bond donors (Lipinski definition) is 0. The summed E-state index contributed by atoms with van der Waals surface area (Å²) in [6.45, 7) is 5.91. The summed E-state index contributed by atoms with van der Waals surface area (Å²) < 4.78 is 189. The van der Waals surface area contributed by atoms with E-state index in [0.717, 1.165) is 0 Å². The summed E-state index contributed by atoms with van der Waals surface area (Å²) in [4.78, 5) is 0. The molecule has 0 heterocycles. The fourth-order valence-electron chi connectivity index (χ4n) is 2.17. The quantitative estimate of drug-likeness (QED) is 0.207. The third kappa shape index (κ3) is 6.87. The summed E-state index contributed by atoms with van der Waals surface area (Å²) in [6.07, 6.45) is -23.3. The Hall–Kier alpha value is -0.813. The molecule has 0 aromatic heterocycles. The van der Waals surface area contributed by atoms with Gasteiger partial charge in [-0.1, -0.05) is 0 Å². The molecule has 0 saturated heterocycles. The van der Waals surface area contributed by atoms with Gasteiger partial charge in [0.2, 0.25) is 6.17 Å². The van der Waals surface area contributed by atoms with Gasteiger partial charge in [-0.15, -0.1) is 0 Å². The van der Waals surface area contributed by atoms with Crippen molar-refractivity contribution in [2.75, 3.05) is 0 Å². The number of halogens is 13. The van der Waals surface area contributed by atoms with Gasteiger partial charge in [0, 0.05) is 12.2 Å². The molecule has 0 aliphatic carbocycles. The summed E-state index contributed by atoms with van der Waals surface area (Å²) in [5.74, 6) is -28.7. The van der Waals surface area contributed by atoms with Crippen molar-refractivity contribution in [2.24, 2.45) is 0 Å². The molecule has 0 radical (unpaired) electrons.